The minimum atomic E-state index is -1.02. The van der Waals surface area contributed by atoms with E-state index in [4.69, 9.17) is 14.1 Å². The molecule has 1 aromatic carbocycles. The lowest BCUT2D eigenvalue weighted by molar-refractivity contribution is -0.150. The van der Waals surface area contributed by atoms with Crippen molar-refractivity contribution in [3.63, 3.8) is 0 Å². The van der Waals surface area contributed by atoms with E-state index < -0.39 is 19.1 Å². The highest BCUT2D eigenvalue weighted by molar-refractivity contribution is 6.62. The smallest absolute Gasteiger partial charge is 0.461 e. The van der Waals surface area contributed by atoms with E-state index in [-0.39, 0.29) is 24.5 Å². The van der Waals surface area contributed by atoms with Gasteiger partial charge < -0.3 is 24.5 Å². The van der Waals surface area contributed by atoms with Gasteiger partial charge in [-0.1, -0.05) is 19.9 Å². The van der Waals surface area contributed by atoms with Crippen LogP contribution in [0.4, 0.5) is 0 Å². The SMILES string of the molecule is Cc1c(C(=O)N[C@H](C(=O)OC[C@H]2CCCO2)C(C)C)ccc2c1B(O)OC2. The second-order valence-corrected chi connectivity index (χ2v) is 7.43. The van der Waals surface area contributed by atoms with E-state index in [1.54, 1.807) is 19.1 Å². The number of ether oxygens (including phenoxy) is 2. The predicted octanol–water partition coefficient (Wildman–Crippen LogP) is 0.689. The molecule has 1 amide bonds. The van der Waals surface area contributed by atoms with Crippen LogP contribution in [-0.2, 0) is 25.5 Å². The van der Waals surface area contributed by atoms with Crippen LogP contribution in [0, 0.1) is 12.8 Å². The summed E-state index contributed by atoms with van der Waals surface area (Å²) in [6.07, 6.45) is 1.79. The second-order valence-electron chi connectivity index (χ2n) is 7.43. The van der Waals surface area contributed by atoms with Gasteiger partial charge in [0.05, 0.1) is 12.7 Å². The number of rotatable bonds is 6. The summed E-state index contributed by atoms with van der Waals surface area (Å²) in [6.45, 7) is 6.70. The van der Waals surface area contributed by atoms with Crippen LogP contribution < -0.4 is 10.8 Å². The molecule has 2 atom stereocenters. The van der Waals surface area contributed by atoms with Gasteiger partial charge in [-0.25, -0.2) is 4.79 Å². The van der Waals surface area contributed by atoms with Crippen molar-refractivity contribution in [1.82, 2.24) is 5.32 Å². The van der Waals surface area contributed by atoms with Crippen molar-refractivity contribution in [2.45, 2.75) is 52.4 Å². The van der Waals surface area contributed by atoms with Crippen LogP contribution >= 0.6 is 0 Å². The molecule has 1 saturated heterocycles. The lowest BCUT2D eigenvalue weighted by Crippen LogP contribution is -2.46. The molecule has 27 heavy (non-hydrogen) atoms. The quantitative estimate of drug-likeness (QED) is 0.561. The normalized spacial score (nSPS) is 19.9. The Bertz CT molecular complexity index is 716. The van der Waals surface area contributed by atoms with Crippen molar-refractivity contribution in [2.24, 2.45) is 5.92 Å². The van der Waals surface area contributed by atoms with Crippen molar-refractivity contribution in [1.29, 1.82) is 0 Å². The van der Waals surface area contributed by atoms with Gasteiger partial charge in [0.1, 0.15) is 12.6 Å². The molecular weight excluding hydrogens is 349 g/mol. The van der Waals surface area contributed by atoms with Crippen LogP contribution in [0.3, 0.4) is 0 Å². The van der Waals surface area contributed by atoms with Gasteiger partial charge in [-0.05, 0) is 48.3 Å². The molecule has 2 heterocycles. The third-order valence-electron chi connectivity index (χ3n) is 5.14. The summed E-state index contributed by atoms with van der Waals surface area (Å²) < 4.78 is 16.0. The summed E-state index contributed by atoms with van der Waals surface area (Å²) in [5.41, 5.74) is 2.57. The summed E-state index contributed by atoms with van der Waals surface area (Å²) in [4.78, 5) is 25.3. The molecule has 2 aliphatic heterocycles. The van der Waals surface area contributed by atoms with E-state index in [0.29, 0.717) is 29.8 Å². The van der Waals surface area contributed by atoms with Gasteiger partial charge in [-0.3, -0.25) is 4.79 Å². The van der Waals surface area contributed by atoms with Crippen molar-refractivity contribution in [3.05, 3.63) is 28.8 Å². The Kier molecular flexibility index (Phi) is 6.19. The van der Waals surface area contributed by atoms with Gasteiger partial charge >= 0.3 is 13.1 Å². The van der Waals surface area contributed by atoms with Crippen LogP contribution in [0.25, 0.3) is 0 Å². The molecule has 8 heteroatoms. The summed E-state index contributed by atoms with van der Waals surface area (Å²) >= 11 is 0. The molecule has 7 nitrogen and oxygen atoms in total. The van der Waals surface area contributed by atoms with Gasteiger partial charge in [-0.15, -0.1) is 0 Å². The van der Waals surface area contributed by atoms with E-state index in [1.807, 2.05) is 13.8 Å². The van der Waals surface area contributed by atoms with Crippen molar-refractivity contribution >= 4 is 24.5 Å². The first kappa shape index (κ1) is 19.9. The minimum Gasteiger partial charge on any atom is -0.461 e. The number of hydrogen-bond donors (Lipinski definition) is 2. The van der Waals surface area contributed by atoms with Crippen LogP contribution in [-0.4, -0.2) is 49.4 Å². The highest BCUT2D eigenvalue weighted by Gasteiger charge is 2.33. The average molecular weight is 375 g/mol. The van der Waals surface area contributed by atoms with E-state index in [9.17, 15) is 14.6 Å². The molecule has 0 radical (unpaired) electrons. The Balaban J connectivity index is 1.68. The van der Waals surface area contributed by atoms with E-state index >= 15 is 0 Å². The van der Waals surface area contributed by atoms with Gasteiger partial charge in [-0.2, -0.15) is 0 Å². The molecule has 1 aromatic rings. The number of benzene rings is 1. The van der Waals surface area contributed by atoms with Gasteiger partial charge in [0.2, 0.25) is 0 Å². The zero-order valence-corrected chi connectivity index (χ0v) is 16.0. The fourth-order valence-corrected chi connectivity index (χ4v) is 3.51. The predicted molar refractivity (Wildman–Crippen MR) is 99.6 cm³/mol. The van der Waals surface area contributed by atoms with E-state index in [2.05, 4.69) is 5.32 Å². The Labute approximate surface area is 159 Å². The molecule has 0 bridgehead atoms. The van der Waals surface area contributed by atoms with Crippen molar-refractivity contribution in [3.8, 4) is 0 Å². The summed E-state index contributed by atoms with van der Waals surface area (Å²) in [6, 6.07) is 2.71. The van der Waals surface area contributed by atoms with E-state index in [1.165, 1.54) is 0 Å². The maximum atomic E-state index is 12.8. The lowest BCUT2D eigenvalue weighted by Gasteiger charge is -2.22. The molecular formula is C19H26BNO6. The highest BCUT2D eigenvalue weighted by Crippen LogP contribution is 2.17. The number of esters is 1. The number of nitrogens with one attached hydrogen (secondary N) is 1. The minimum absolute atomic E-state index is 0.0575. The molecule has 0 unspecified atom stereocenters. The highest BCUT2D eigenvalue weighted by atomic mass is 16.6. The fraction of sp³-hybridized carbons (Fsp3) is 0.579. The van der Waals surface area contributed by atoms with Crippen LogP contribution in [0.5, 0.6) is 0 Å². The maximum absolute atomic E-state index is 12.8. The van der Waals surface area contributed by atoms with Gasteiger partial charge in [0, 0.05) is 12.2 Å². The van der Waals surface area contributed by atoms with Crippen LogP contribution in [0.1, 0.15) is 48.2 Å². The molecule has 0 aromatic heterocycles. The van der Waals surface area contributed by atoms with Crippen molar-refractivity contribution in [2.75, 3.05) is 13.2 Å². The molecule has 2 N–H and O–H groups in total. The number of carbonyl (C=O) groups excluding carboxylic acids is 2. The molecule has 1 fully saturated rings. The number of carbonyl (C=O) groups is 2. The first-order valence-electron chi connectivity index (χ1n) is 9.39. The topological polar surface area (TPSA) is 94.1 Å². The number of hydrogen-bond acceptors (Lipinski definition) is 6. The van der Waals surface area contributed by atoms with Crippen LogP contribution in [0.15, 0.2) is 12.1 Å². The number of amides is 1. The molecule has 146 valence electrons. The van der Waals surface area contributed by atoms with Crippen LogP contribution in [0.2, 0.25) is 0 Å². The van der Waals surface area contributed by atoms with E-state index in [0.717, 1.165) is 18.4 Å². The number of fused-ring (bicyclic) bond motifs is 1. The molecule has 0 spiro atoms. The third kappa shape index (κ3) is 4.34. The molecule has 0 aliphatic carbocycles. The summed E-state index contributed by atoms with van der Waals surface area (Å²) in [5.74, 6) is -0.965. The van der Waals surface area contributed by atoms with Gasteiger partial charge in [0.15, 0.2) is 0 Å². The Morgan fingerprint density at radius 2 is 2.19 bits per heavy atom. The Hall–Kier alpha value is -1.90. The maximum Gasteiger partial charge on any atom is 0.492 e. The second kappa shape index (κ2) is 8.41. The molecule has 3 rings (SSSR count). The fourth-order valence-electron chi connectivity index (χ4n) is 3.51. The monoisotopic (exact) mass is 375 g/mol. The molecule has 2 aliphatic rings. The van der Waals surface area contributed by atoms with Gasteiger partial charge in [0.25, 0.3) is 5.91 Å². The standard InChI is InChI=1S/C19H26BNO6/c1-11(2)17(19(23)26-10-14-5-4-8-25-14)21-18(22)15-7-6-13-9-27-20(24)16(13)12(15)3/h6-7,11,14,17,24H,4-5,8-10H2,1-3H3,(H,21,22)/t14-,17+/m1/s1. The van der Waals surface area contributed by atoms with Crippen molar-refractivity contribution < 1.29 is 28.7 Å². The Morgan fingerprint density at radius 3 is 2.85 bits per heavy atom. The molecule has 0 saturated carbocycles. The Morgan fingerprint density at radius 1 is 1.41 bits per heavy atom. The third-order valence-corrected chi connectivity index (χ3v) is 5.14. The lowest BCUT2D eigenvalue weighted by atomic mass is 9.75. The summed E-state index contributed by atoms with van der Waals surface area (Å²) in [7, 11) is -1.02. The zero-order valence-electron chi connectivity index (χ0n) is 16.0. The zero-order chi connectivity index (χ0) is 19.6. The first-order valence-corrected chi connectivity index (χ1v) is 9.39. The first-order chi connectivity index (χ1) is 12.9. The average Bonchev–Trinajstić information content (AvgIpc) is 3.27. The largest absolute Gasteiger partial charge is 0.492 e. The summed E-state index contributed by atoms with van der Waals surface area (Å²) in [5, 5.41) is 12.7.